The minimum atomic E-state index is -1.09. The van der Waals surface area contributed by atoms with Crippen molar-refractivity contribution >= 4 is 18.5 Å². The van der Waals surface area contributed by atoms with Crippen LogP contribution in [0.5, 0.6) is 0 Å². The Bertz CT molecular complexity index is 690. The van der Waals surface area contributed by atoms with Crippen LogP contribution in [0.15, 0.2) is 12.1 Å². The zero-order valence-corrected chi connectivity index (χ0v) is 15.5. The largest absolute Gasteiger partial charge is 0.491 e. The van der Waals surface area contributed by atoms with E-state index in [4.69, 9.17) is 4.65 Å². The van der Waals surface area contributed by atoms with Gasteiger partial charge >= 0.3 is 7.12 Å². The average molecular weight is 348 g/mol. The first kappa shape index (κ1) is 18.4. The summed E-state index contributed by atoms with van der Waals surface area (Å²) < 4.78 is 19.4. The highest BCUT2D eigenvalue weighted by atomic mass is 19.1. The first-order valence-corrected chi connectivity index (χ1v) is 8.68. The Hall–Kier alpha value is -1.44. The van der Waals surface area contributed by atoms with E-state index in [2.05, 4.69) is 45.0 Å². The molecule has 0 aromatic heterocycles. The van der Waals surface area contributed by atoms with Crippen molar-refractivity contribution in [1.29, 1.82) is 0 Å². The van der Waals surface area contributed by atoms with E-state index in [1.54, 1.807) is 0 Å². The number of likely N-dealkylation sites (tertiary alicyclic amines) is 1. The van der Waals surface area contributed by atoms with Gasteiger partial charge in [-0.15, -0.1) is 0 Å². The number of carbonyl (C=O) groups is 1. The molecule has 0 unspecified atom stereocenters. The molecule has 2 N–H and O–H groups in total. The lowest BCUT2D eigenvalue weighted by Crippen LogP contribution is -2.62. The molecular weight excluding hydrogens is 322 g/mol. The fourth-order valence-electron chi connectivity index (χ4n) is 4.16. The maximum atomic E-state index is 14.3. The van der Waals surface area contributed by atoms with Crippen LogP contribution in [0.2, 0.25) is 0 Å². The van der Waals surface area contributed by atoms with E-state index in [0.29, 0.717) is 11.0 Å². The van der Waals surface area contributed by atoms with Crippen molar-refractivity contribution in [2.45, 2.75) is 64.3 Å². The van der Waals surface area contributed by atoms with Gasteiger partial charge in [-0.1, -0.05) is 0 Å². The van der Waals surface area contributed by atoms with Crippen molar-refractivity contribution in [2.24, 2.45) is 0 Å². The topological polar surface area (TPSA) is 61.8 Å². The number of nitrogens with zero attached hydrogens (tertiary/aromatic N) is 1. The van der Waals surface area contributed by atoms with Crippen LogP contribution in [0.1, 0.15) is 56.5 Å². The van der Waals surface area contributed by atoms with Crippen LogP contribution < -0.4 is 10.8 Å². The molecule has 0 spiro atoms. The SMILES string of the molecule is CN1C(C)(C)CC(NC(=O)c2cc3c(cc2F)COB3O)CC1(C)C. The molecule has 1 saturated heterocycles. The van der Waals surface area contributed by atoms with Crippen molar-refractivity contribution in [2.75, 3.05) is 7.05 Å². The number of halogens is 1. The molecule has 2 aliphatic rings. The third-order valence-corrected chi connectivity index (χ3v) is 5.78. The number of nitrogens with one attached hydrogen (secondary N) is 1. The molecule has 1 aromatic carbocycles. The van der Waals surface area contributed by atoms with Gasteiger partial charge in [0.2, 0.25) is 0 Å². The zero-order chi connectivity index (χ0) is 18.6. The highest BCUT2D eigenvalue weighted by Gasteiger charge is 2.43. The minimum Gasteiger partial charge on any atom is -0.423 e. The van der Waals surface area contributed by atoms with Crippen LogP contribution in [0.3, 0.4) is 0 Å². The molecule has 0 atom stereocenters. The lowest BCUT2D eigenvalue weighted by atomic mass is 9.77. The van der Waals surface area contributed by atoms with Gasteiger partial charge in [-0.3, -0.25) is 9.69 Å². The summed E-state index contributed by atoms with van der Waals surface area (Å²) in [6, 6.07) is 2.65. The summed E-state index contributed by atoms with van der Waals surface area (Å²) in [5.74, 6) is -1.03. The smallest absolute Gasteiger partial charge is 0.423 e. The number of piperidine rings is 1. The third kappa shape index (κ3) is 3.33. The summed E-state index contributed by atoms with van der Waals surface area (Å²) >= 11 is 0. The summed E-state index contributed by atoms with van der Waals surface area (Å²) in [6.07, 6.45) is 1.58. The van der Waals surface area contributed by atoms with Gasteiger partial charge in [0.25, 0.3) is 5.91 Å². The summed E-state index contributed by atoms with van der Waals surface area (Å²) in [4.78, 5) is 15.0. The molecular formula is C18H26BFN2O3. The highest BCUT2D eigenvalue weighted by molar-refractivity contribution is 6.61. The Kier molecular flexibility index (Phi) is 4.46. The molecule has 25 heavy (non-hydrogen) atoms. The van der Waals surface area contributed by atoms with Gasteiger partial charge in [-0.2, -0.15) is 0 Å². The number of benzene rings is 1. The lowest BCUT2D eigenvalue weighted by molar-refractivity contribution is -0.0169. The Balaban J connectivity index is 1.80. The number of rotatable bonds is 2. The molecule has 0 saturated carbocycles. The molecule has 1 aromatic rings. The summed E-state index contributed by atoms with van der Waals surface area (Å²) in [5.41, 5.74) is 0.872. The molecule has 0 radical (unpaired) electrons. The Morgan fingerprint density at radius 1 is 1.32 bits per heavy atom. The number of carbonyl (C=O) groups excluding carboxylic acids is 1. The number of amides is 1. The first-order chi connectivity index (χ1) is 11.5. The normalized spacial score (nSPS) is 22.8. The van der Waals surface area contributed by atoms with Crippen LogP contribution in [0.4, 0.5) is 4.39 Å². The molecule has 5 nitrogen and oxygen atoms in total. The van der Waals surface area contributed by atoms with E-state index >= 15 is 0 Å². The van der Waals surface area contributed by atoms with Gasteiger partial charge in [-0.05, 0) is 70.7 Å². The van der Waals surface area contributed by atoms with Crippen LogP contribution >= 0.6 is 0 Å². The maximum Gasteiger partial charge on any atom is 0.491 e. The highest BCUT2D eigenvalue weighted by Crippen LogP contribution is 2.36. The molecule has 2 heterocycles. The summed E-state index contributed by atoms with van der Waals surface area (Å²) in [6.45, 7) is 8.76. The quantitative estimate of drug-likeness (QED) is 0.794. The van der Waals surface area contributed by atoms with Crippen molar-refractivity contribution in [3.63, 3.8) is 0 Å². The van der Waals surface area contributed by atoms with Crippen LogP contribution in [0, 0.1) is 5.82 Å². The standard InChI is InChI=1S/C18H26BFN2O3/c1-17(2)8-12(9-18(3,4)22(17)5)21-16(23)13-7-14-11(6-15(13)20)10-25-19(14)24/h6-7,12,24H,8-10H2,1-5H3,(H,21,23). The number of hydrogen-bond donors (Lipinski definition) is 2. The van der Waals surface area contributed by atoms with Crippen molar-refractivity contribution in [3.05, 3.63) is 29.1 Å². The molecule has 1 fully saturated rings. The molecule has 3 rings (SSSR count). The Morgan fingerprint density at radius 2 is 1.92 bits per heavy atom. The van der Waals surface area contributed by atoms with E-state index < -0.39 is 18.8 Å². The van der Waals surface area contributed by atoms with Crippen LogP contribution in [0.25, 0.3) is 0 Å². The fourth-order valence-corrected chi connectivity index (χ4v) is 4.16. The third-order valence-electron chi connectivity index (χ3n) is 5.78. The molecule has 136 valence electrons. The average Bonchev–Trinajstić information content (AvgIpc) is 2.83. The fraction of sp³-hybridized carbons (Fsp3) is 0.611. The lowest BCUT2D eigenvalue weighted by Gasteiger charge is -2.53. The van der Waals surface area contributed by atoms with Gasteiger partial charge in [0, 0.05) is 17.1 Å². The Morgan fingerprint density at radius 3 is 2.52 bits per heavy atom. The van der Waals surface area contributed by atoms with Crippen molar-refractivity contribution < 1.29 is 18.9 Å². The van der Waals surface area contributed by atoms with Crippen LogP contribution in [-0.4, -0.2) is 47.1 Å². The summed E-state index contributed by atoms with van der Waals surface area (Å²) in [7, 11) is 1.00. The molecule has 7 heteroatoms. The van der Waals surface area contributed by atoms with Gasteiger partial charge in [0.15, 0.2) is 0 Å². The Labute approximate surface area is 148 Å². The number of fused-ring (bicyclic) bond motifs is 1. The van der Waals surface area contributed by atoms with E-state index in [1.807, 2.05) is 0 Å². The van der Waals surface area contributed by atoms with E-state index in [-0.39, 0.29) is 29.3 Å². The second-order valence-electron chi connectivity index (χ2n) is 8.46. The molecule has 0 bridgehead atoms. The first-order valence-electron chi connectivity index (χ1n) is 8.68. The zero-order valence-electron chi connectivity index (χ0n) is 15.5. The van der Waals surface area contributed by atoms with E-state index in [0.717, 1.165) is 12.8 Å². The number of hydrogen-bond acceptors (Lipinski definition) is 4. The van der Waals surface area contributed by atoms with Crippen LogP contribution in [-0.2, 0) is 11.3 Å². The second kappa shape index (κ2) is 6.07. The second-order valence-corrected chi connectivity index (χ2v) is 8.46. The van der Waals surface area contributed by atoms with Crippen molar-refractivity contribution in [3.8, 4) is 0 Å². The predicted molar refractivity (Wildman–Crippen MR) is 95.2 cm³/mol. The van der Waals surface area contributed by atoms with Crippen molar-refractivity contribution in [1.82, 2.24) is 10.2 Å². The van der Waals surface area contributed by atoms with Gasteiger partial charge in [-0.25, -0.2) is 4.39 Å². The van der Waals surface area contributed by atoms with Gasteiger partial charge < -0.3 is 15.0 Å². The summed E-state index contributed by atoms with van der Waals surface area (Å²) in [5, 5.41) is 12.8. The minimum absolute atomic E-state index is 0.0393. The maximum absolute atomic E-state index is 14.3. The predicted octanol–water partition coefficient (Wildman–Crippen LogP) is 1.42. The van der Waals surface area contributed by atoms with E-state index in [1.165, 1.54) is 12.1 Å². The molecule has 1 amide bonds. The monoisotopic (exact) mass is 348 g/mol. The molecule has 0 aliphatic carbocycles. The van der Waals surface area contributed by atoms with E-state index in [9.17, 15) is 14.2 Å². The van der Waals surface area contributed by atoms with Gasteiger partial charge in [0.05, 0.1) is 12.2 Å². The molecule has 2 aliphatic heterocycles. The van der Waals surface area contributed by atoms with Gasteiger partial charge in [0.1, 0.15) is 5.82 Å².